The summed E-state index contributed by atoms with van der Waals surface area (Å²) in [6.07, 6.45) is 2.51. The average molecular weight is 433 g/mol. The van der Waals surface area contributed by atoms with Crippen LogP contribution in [-0.2, 0) is 14.8 Å². The fraction of sp³-hybridized carbons (Fsp3) is 0.409. The zero-order valence-corrected chi connectivity index (χ0v) is 18.2. The molecule has 2 aromatic carbocycles. The Hall–Kier alpha value is -2.58. The van der Waals surface area contributed by atoms with Crippen molar-refractivity contribution in [2.75, 3.05) is 25.1 Å². The summed E-state index contributed by atoms with van der Waals surface area (Å²) in [7, 11) is -3.61. The summed E-state index contributed by atoms with van der Waals surface area (Å²) in [5, 5.41) is 2.93. The molecule has 0 aliphatic carbocycles. The van der Waals surface area contributed by atoms with Gasteiger partial charge in [0.25, 0.3) is 0 Å². The fourth-order valence-corrected chi connectivity index (χ4v) is 4.32. The first kappa shape index (κ1) is 22.1. The van der Waals surface area contributed by atoms with E-state index in [0.717, 1.165) is 23.2 Å². The summed E-state index contributed by atoms with van der Waals surface area (Å²) < 4.78 is 38.3. The number of benzene rings is 2. The Morgan fingerprint density at radius 3 is 2.50 bits per heavy atom. The van der Waals surface area contributed by atoms with Crippen molar-refractivity contribution >= 4 is 21.6 Å². The first-order valence-electron chi connectivity index (χ1n) is 10.1. The van der Waals surface area contributed by atoms with Crippen molar-refractivity contribution in [3.8, 4) is 11.5 Å². The molecule has 7 nitrogen and oxygen atoms in total. The molecule has 2 N–H and O–H groups in total. The van der Waals surface area contributed by atoms with Gasteiger partial charge < -0.3 is 14.8 Å². The van der Waals surface area contributed by atoms with Gasteiger partial charge in [0.2, 0.25) is 15.9 Å². The van der Waals surface area contributed by atoms with E-state index in [2.05, 4.69) is 10.0 Å². The molecule has 0 aromatic heterocycles. The zero-order chi connectivity index (χ0) is 21.6. The fourth-order valence-electron chi connectivity index (χ4n) is 3.23. The normalized spacial score (nSPS) is 13.1. The lowest BCUT2D eigenvalue weighted by Gasteiger charge is -2.18. The van der Waals surface area contributed by atoms with E-state index in [4.69, 9.17) is 9.47 Å². The summed E-state index contributed by atoms with van der Waals surface area (Å²) in [6.45, 7) is 5.16. The van der Waals surface area contributed by atoms with Gasteiger partial charge in [-0.3, -0.25) is 4.79 Å². The van der Waals surface area contributed by atoms with Gasteiger partial charge >= 0.3 is 0 Å². The van der Waals surface area contributed by atoms with E-state index >= 15 is 0 Å². The standard InChI is InChI=1S/C22H28N2O5S/c1-16-7-9-19(17(2)14-16)24-22(25)6-4-3-5-11-23-30(26,27)18-8-10-20-21(15-18)29-13-12-28-20/h7-10,14-15,23H,3-6,11-13H2,1-2H3,(H,24,25). The van der Waals surface area contributed by atoms with Crippen molar-refractivity contribution < 1.29 is 22.7 Å². The molecule has 1 aliphatic heterocycles. The average Bonchev–Trinajstić information content (AvgIpc) is 2.72. The first-order valence-corrected chi connectivity index (χ1v) is 11.6. The molecule has 0 radical (unpaired) electrons. The van der Waals surface area contributed by atoms with Crippen molar-refractivity contribution in [2.45, 2.75) is 44.4 Å². The second-order valence-corrected chi connectivity index (χ2v) is 9.15. The Kier molecular flexibility index (Phi) is 7.33. The molecule has 0 spiro atoms. The number of sulfonamides is 1. The van der Waals surface area contributed by atoms with Gasteiger partial charge in [0, 0.05) is 24.7 Å². The number of unbranched alkanes of at least 4 members (excludes halogenated alkanes) is 2. The quantitative estimate of drug-likeness (QED) is 0.591. The van der Waals surface area contributed by atoms with Crippen LogP contribution in [0.25, 0.3) is 0 Å². The maximum absolute atomic E-state index is 12.4. The van der Waals surface area contributed by atoms with Crippen LogP contribution in [0.4, 0.5) is 5.69 Å². The molecule has 0 fully saturated rings. The third-order valence-corrected chi connectivity index (χ3v) is 6.31. The summed E-state index contributed by atoms with van der Waals surface area (Å²) in [5.74, 6) is 0.970. The minimum Gasteiger partial charge on any atom is -0.486 e. The van der Waals surface area contributed by atoms with Crippen LogP contribution < -0.4 is 19.5 Å². The molecule has 8 heteroatoms. The highest BCUT2D eigenvalue weighted by atomic mass is 32.2. The second-order valence-electron chi connectivity index (χ2n) is 7.38. The number of hydrogen-bond donors (Lipinski definition) is 2. The molecule has 2 aromatic rings. The SMILES string of the molecule is Cc1ccc(NC(=O)CCCCCNS(=O)(=O)c2ccc3c(c2)OCCO3)c(C)c1. The maximum atomic E-state index is 12.4. The van der Waals surface area contributed by atoms with Crippen LogP contribution in [-0.4, -0.2) is 34.1 Å². The number of fused-ring (bicyclic) bond motifs is 1. The highest BCUT2D eigenvalue weighted by molar-refractivity contribution is 7.89. The summed E-state index contributed by atoms with van der Waals surface area (Å²) in [4.78, 5) is 12.3. The smallest absolute Gasteiger partial charge is 0.240 e. The molecule has 0 saturated heterocycles. The van der Waals surface area contributed by atoms with Gasteiger partial charge in [-0.25, -0.2) is 13.1 Å². The van der Waals surface area contributed by atoms with Gasteiger partial charge in [-0.2, -0.15) is 0 Å². The predicted octanol–water partition coefficient (Wildman–Crippen LogP) is 3.55. The number of aryl methyl sites for hydroxylation is 2. The Balaban J connectivity index is 1.38. The largest absolute Gasteiger partial charge is 0.486 e. The van der Waals surface area contributed by atoms with Crippen molar-refractivity contribution in [1.29, 1.82) is 0 Å². The van der Waals surface area contributed by atoms with Crippen LogP contribution in [0.15, 0.2) is 41.3 Å². The lowest BCUT2D eigenvalue weighted by atomic mass is 10.1. The highest BCUT2D eigenvalue weighted by Gasteiger charge is 2.18. The van der Waals surface area contributed by atoms with Crippen LogP contribution in [0.2, 0.25) is 0 Å². The minimum absolute atomic E-state index is 0.0289. The molecule has 0 saturated carbocycles. The van der Waals surface area contributed by atoms with E-state index in [1.807, 2.05) is 32.0 Å². The molecule has 0 bridgehead atoms. The van der Waals surface area contributed by atoms with Gasteiger partial charge in [0.15, 0.2) is 11.5 Å². The number of ether oxygens (including phenoxy) is 2. The summed E-state index contributed by atoms with van der Waals surface area (Å²) in [6, 6.07) is 10.5. The van der Waals surface area contributed by atoms with Crippen LogP contribution in [0.1, 0.15) is 36.8 Å². The molecule has 162 valence electrons. The van der Waals surface area contributed by atoms with Crippen LogP contribution in [0.3, 0.4) is 0 Å². The lowest BCUT2D eigenvalue weighted by Crippen LogP contribution is -2.25. The van der Waals surface area contributed by atoms with Crippen molar-refractivity contribution in [2.24, 2.45) is 0 Å². The molecule has 1 heterocycles. The van der Waals surface area contributed by atoms with E-state index < -0.39 is 10.0 Å². The summed E-state index contributed by atoms with van der Waals surface area (Å²) in [5.41, 5.74) is 3.03. The van der Waals surface area contributed by atoms with Gasteiger partial charge in [0.05, 0.1) is 4.90 Å². The molecule has 0 unspecified atom stereocenters. The van der Waals surface area contributed by atoms with Gasteiger partial charge in [-0.15, -0.1) is 0 Å². The zero-order valence-electron chi connectivity index (χ0n) is 17.4. The van der Waals surface area contributed by atoms with Crippen LogP contribution in [0, 0.1) is 13.8 Å². The number of carbonyl (C=O) groups is 1. The molecule has 1 aliphatic rings. The second kappa shape index (κ2) is 9.95. The molecule has 0 atom stereocenters. The van der Waals surface area contributed by atoms with E-state index in [0.29, 0.717) is 50.5 Å². The number of amides is 1. The van der Waals surface area contributed by atoms with Gasteiger partial charge in [0.1, 0.15) is 13.2 Å². The Bertz CT molecular complexity index is 1000. The van der Waals surface area contributed by atoms with Crippen LogP contribution >= 0.6 is 0 Å². The van der Waals surface area contributed by atoms with Crippen molar-refractivity contribution in [1.82, 2.24) is 4.72 Å². The van der Waals surface area contributed by atoms with Crippen molar-refractivity contribution in [3.05, 3.63) is 47.5 Å². The van der Waals surface area contributed by atoms with Gasteiger partial charge in [-0.05, 0) is 50.5 Å². The third-order valence-electron chi connectivity index (χ3n) is 4.85. The number of rotatable bonds is 9. The van der Waals surface area contributed by atoms with E-state index in [9.17, 15) is 13.2 Å². The molecule has 1 amide bonds. The third kappa shape index (κ3) is 5.96. The summed E-state index contributed by atoms with van der Waals surface area (Å²) >= 11 is 0. The van der Waals surface area contributed by atoms with E-state index in [1.54, 1.807) is 6.07 Å². The number of hydrogen-bond acceptors (Lipinski definition) is 5. The predicted molar refractivity (Wildman–Crippen MR) is 116 cm³/mol. The minimum atomic E-state index is -3.61. The number of anilines is 1. The molecule has 30 heavy (non-hydrogen) atoms. The number of nitrogens with one attached hydrogen (secondary N) is 2. The first-order chi connectivity index (χ1) is 14.3. The van der Waals surface area contributed by atoms with Gasteiger partial charge in [-0.1, -0.05) is 24.1 Å². The topological polar surface area (TPSA) is 93.7 Å². The Labute approximate surface area is 177 Å². The molecule has 3 rings (SSSR count). The number of carbonyl (C=O) groups excluding carboxylic acids is 1. The maximum Gasteiger partial charge on any atom is 0.240 e. The molecular weight excluding hydrogens is 404 g/mol. The Morgan fingerprint density at radius 1 is 0.967 bits per heavy atom. The lowest BCUT2D eigenvalue weighted by molar-refractivity contribution is -0.116. The van der Waals surface area contributed by atoms with Crippen LogP contribution in [0.5, 0.6) is 11.5 Å². The van der Waals surface area contributed by atoms with Crippen molar-refractivity contribution in [3.63, 3.8) is 0 Å². The Morgan fingerprint density at radius 2 is 1.73 bits per heavy atom. The monoisotopic (exact) mass is 432 g/mol. The highest BCUT2D eigenvalue weighted by Crippen LogP contribution is 2.32. The van der Waals surface area contributed by atoms with E-state index in [1.165, 1.54) is 12.1 Å². The van der Waals surface area contributed by atoms with E-state index in [-0.39, 0.29) is 10.8 Å². The molecular formula is C22H28N2O5S.